The molecule has 94 valence electrons. The lowest BCUT2D eigenvalue weighted by Crippen LogP contribution is -2.51. The lowest BCUT2D eigenvalue weighted by Gasteiger charge is -2.41. The summed E-state index contributed by atoms with van der Waals surface area (Å²) in [6, 6.07) is 0.380. The Bertz CT molecular complexity index is 238. The molecule has 1 aliphatic heterocycles. The van der Waals surface area contributed by atoms with Gasteiger partial charge in [-0.1, -0.05) is 13.8 Å². The van der Waals surface area contributed by atoms with E-state index in [4.69, 9.17) is 4.74 Å². The highest BCUT2D eigenvalue weighted by molar-refractivity contribution is 5.75. The van der Waals surface area contributed by atoms with E-state index in [1.807, 2.05) is 0 Å². The molecular weight excluding hydrogens is 202 g/mol. The van der Waals surface area contributed by atoms with Crippen LogP contribution >= 0.6 is 0 Å². The molecule has 0 saturated carbocycles. The van der Waals surface area contributed by atoms with E-state index in [1.165, 1.54) is 7.11 Å². The lowest BCUT2D eigenvalue weighted by atomic mass is 9.84. The molecule has 0 N–H and O–H groups in total. The van der Waals surface area contributed by atoms with Crippen LogP contribution in [0.3, 0.4) is 0 Å². The quantitative estimate of drug-likeness (QED) is 0.693. The number of methoxy groups -OCH3 is 1. The maximum Gasteiger partial charge on any atom is 0.323 e. The van der Waals surface area contributed by atoms with Crippen LogP contribution in [0.2, 0.25) is 0 Å². The molecule has 1 aliphatic rings. The van der Waals surface area contributed by atoms with Crippen molar-refractivity contribution in [3.63, 3.8) is 0 Å². The molecular formula is C13H25NO2. The van der Waals surface area contributed by atoms with Gasteiger partial charge in [0.1, 0.15) is 6.04 Å². The van der Waals surface area contributed by atoms with Crippen molar-refractivity contribution in [3.05, 3.63) is 0 Å². The van der Waals surface area contributed by atoms with Crippen molar-refractivity contribution in [2.75, 3.05) is 13.7 Å². The van der Waals surface area contributed by atoms with Gasteiger partial charge < -0.3 is 4.74 Å². The third-order valence-electron chi connectivity index (χ3n) is 3.74. The monoisotopic (exact) mass is 227 g/mol. The molecule has 16 heavy (non-hydrogen) atoms. The second kappa shape index (κ2) is 5.67. The third kappa shape index (κ3) is 2.97. The van der Waals surface area contributed by atoms with Gasteiger partial charge in [-0.15, -0.1) is 0 Å². The van der Waals surface area contributed by atoms with Crippen molar-refractivity contribution in [3.8, 4) is 0 Å². The molecule has 0 aromatic heterocycles. The van der Waals surface area contributed by atoms with Crippen LogP contribution in [0.25, 0.3) is 0 Å². The predicted octanol–water partition coefficient (Wildman–Crippen LogP) is 2.30. The number of ether oxygens (including phenoxy) is 1. The average Bonchev–Trinajstić information content (AvgIpc) is 2.26. The second-order valence-corrected chi connectivity index (χ2v) is 5.41. The van der Waals surface area contributed by atoms with Crippen LogP contribution in [0.1, 0.15) is 40.5 Å². The van der Waals surface area contributed by atoms with E-state index in [2.05, 4.69) is 32.6 Å². The molecule has 0 aromatic rings. The molecule has 1 fully saturated rings. The molecule has 3 heteroatoms. The zero-order valence-electron chi connectivity index (χ0n) is 11.2. The highest BCUT2D eigenvalue weighted by Gasteiger charge is 2.35. The molecule has 0 aliphatic carbocycles. The summed E-state index contributed by atoms with van der Waals surface area (Å²) in [5, 5.41) is 0. The summed E-state index contributed by atoms with van der Waals surface area (Å²) < 4.78 is 4.89. The molecule has 2 atom stereocenters. The smallest absolute Gasteiger partial charge is 0.323 e. The third-order valence-corrected chi connectivity index (χ3v) is 3.74. The number of hydrogen-bond donors (Lipinski definition) is 0. The molecule has 3 nitrogen and oxygen atoms in total. The number of likely N-dealkylation sites (tertiary alicyclic amines) is 1. The summed E-state index contributed by atoms with van der Waals surface area (Å²) in [6.07, 6.45) is 2.08. The van der Waals surface area contributed by atoms with Gasteiger partial charge in [-0.25, -0.2) is 0 Å². The van der Waals surface area contributed by atoms with Crippen LogP contribution in [-0.4, -0.2) is 36.6 Å². The van der Waals surface area contributed by atoms with Crippen molar-refractivity contribution in [2.24, 2.45) is 11.8 Å². The van der Waals surface area contributed by atoms with Gasteiger partial charge in [0.05, 0.1) is 7.11 Å². The SMILES string of the molecule is COC(=O)[C@H]1CC[C@H](C(C)C)CN1C(C)C. The van der Waals surface area contributed by atoms with Crippen LogP contribution in [0.4, 0.5) is 0 Å². The lowest BCUT2D eigenvalue weighted by molar-refractivity contribution is -0.150. The number of carbonyl (C=O) groups excluding carboxylic acids is 1. The van der Waals surface area contributed by atoms with E-state index in [9.17, 15) is 4.79 Å². The van der Waals surface area contributed by atoms with E-state index in [0.29, 0.717) is 17.9 Å². The largest absolute Gasteiger partial charge is 0.468 e. The minimum Gasteiger partial charge on any atom is -0.468 e. The van der Waals surface area contributed by atoms with Gasteiger partial charge in [-0.3, -0.25) is 9.69 Å². The fourth-order valence-electron chi connectivity index (χ4n) is 2.53. The number of carbonyl (C=O) groups is 1. The van der Waals surface area contributed by atoms with Crippen molar-refractivity contribution in [1.82, 2.24) is 4.90 Å². The summed E-state index contributed by atoms with van der Waals surface area (Å²) in [7, 11) is 1.48. The maximum absolute atomic E-state index is 11.7. The van der Waals surface area contributed by atoms with E-state index in [0.717, 1.165) is 19.4 Å². The molecule has 1 rings (SSSR count). The standard InChI is InChI=1S/C13H25NO2/c1-9(2)11-6-7-12(13(15)16-5)14(8-11)10(3)4/h9-12H,6-8H2,1-5H3/t11-,12+/m0/s1. The zero-order chi connectivity index (χ0) is 12.3. The first kappa shape index (κ1) is 13.5. The van der Waals surface area contributed by atoms with Gasteiger partial charge in [-0.2, -0.15) is 0 Å². The normalized spacial score (nSPS) is 27.4. The van der Waals surface area contributed by atoms with Gasteiger partial charge >= 0.3 is 5.97 Å². The van der Waals surface area contributed by atoms with E-state index in [1.54, 1.807) is 0 Å². The number of nitrogens with zero attached hydrogens (tertiary/aromatic N) is 1. The van der Waals surface area contributed by atoms with Crippen LogP contribution < -0.4 is 0 Å². The molecule has 0 aromatic carbocycles. The predicted molar refractivity (Wildman–Crippen MR) is 65.2 cm³/mol. The van der Waals surface area contributed by atoms with Crippen LogP contribution in [0.5, 0.6) is 0 Å². The average molecular weight is 227 g/mol. The van der Waals surface area contributed by atoms with Gasteiger partial charge in [0, 0.05) is 12.6 Å². The van der Waals surface area contributed by atoms with E-state index < -0.39 is 0 Å². The highest BCUT2D eigenvalue weighted by atomic mass is 16.5. The molecule has 0 unspecified atom stereocenters. The fourth-order valence-corrected chi connectivity index (χ4v) is 2.53. The Morgan fingerprint density at radius 2 is 1.88 bits per heavy atom. The summed E-state index contributed by atoms with van der Waals surface area (Å²) in [4.78, 5) is 14.0. The summed E-state index contributed by atoms with van der Waals surface area (Å²) in [6.45, 7) is 9.86. The molecule has 0 amide bonds. The number of piperidine rings is 1. The van der Waals surface area contributed by atoms with E-state index in [-0.39, 0.29) is 12.0 Å². The van der Waals surface area contributed by atoms with Gasteiger partial charge in [-0.05, 0) is 38.5 Å². The van der Waals surface area contributed by atoms with Crippen LogP contribution in [-0.2, 0) is 9.53 Å². The Labute approximate surface area is 99.1 Å². The van der Waals surface area contributed by atoms with Crippen LogP contribution in [0, 0.1) is 11.8 Å². The van der Waals surface area contributed by atoms with Crippen molar-refractivity contribution in [2.45, 2.75) is 52.6 Å². The molecule has 1 saturated heterocycles. The Hall–Kier alpha value is -0.570. The van der Waals surface area contributed by atoms with E-state index >= 15 is 0 Å². The zero-order valence-corrected chi connectivity index (χ0v) is 11.2. The summed E-state index contributed by atoms with van der Waals surface area (Å²) >= 11 is 0. The molecule has 1 heterocycles. The topological polar surface area (TPSA) is 29.5 Å². The number of rotatable bonds is 3. The second-order valence-electron chi connectivity index (χ2n) is 5.41. The first-order valence-electron chi connectivity index (χ1n) is 6.31. The number of esters is 1. The fraction of sp³-hybridized carbons (Fsp3) is 0.923. The molecule has 0 bridgehead atoms. The Morgan fingerprint density at radius 1 is 1.25 bits per heavy atom. The highest BCUT2D eigenvalue weighted by Crippen LogP contribution is 2.29. The summed E-state index contributed by atoms with van der Waals surface area (Å²) in [5.74, 6) is 1.33. The van der Waals surface area contributed by atoms with Crippen molar-refractivity contribution >= 4 is 5.97 Å². The minimum absolute atomic E-state index is 0.0278. The number of hydrogen-bond acceptors (Lipinski definition) is 3. The first-order chi connectivity index (χ1) is 7.47. The molecule has 0 spiro atoms. The molecule has 0 radical (unpaired) electrons. The Morgan fingerprint density at radius 3 is 2.31 bits per heavy atom. The Kier molecular flexibility index (Phi) is 4.78. The maximum atomic E-state index is 11.7. The van der Waals surface area contributed by atoms with Crippen molar-refractivity contribution < 1.29 is 9.53 Å². The van der Waals surface area contributed by atoms with Crippen LogP contribution in [0.15, 0.2) is 0 Å². The van der Waals surface area contributed by atoms with Gasteiger partial charge in [0.2, 0.25) is 0 Å². The minimum atomic E-state index is -0.0732. The first-order valence-corrected chi connectivity index (χ1v) is 6.31. The Balaban J connectivity index is 2.71. The summed E-state index contributed by atoms with van der Waals surface area (Å²) in [5.41, 5.74) is 0. The van der Waals surface area contributed by atoms with Gasteiger partial charge in [0.25, 0.3) is 0 Å². The van der Waals surface area contributed by atoms with Gasteiger partial charge in [0.15, 0.2) is 0 Å². The van der Waals surface area contributed by atoms with Crippen molar-refractivity contribution in [1.29, 1.82) is 0 Å².